The highest BCUT2D eigenvalue weighted by Gasteiger charge is 2.39. The number of fused-ring (bicyclic) bond motifs is 2. The van der Waals surface area contributed by atoms with E-state index in [-0.39, 0.29) is 11.9 Å². The van der Waals surface area contributed by atoms with E-state index in [1.807, 2.05) is 26.0 Å². The number of piperazine rings is 1. The summed E-state index contributed by atoms with van der Waals surface area (Å²) in [5.74, 6) is 1.10. The summed E-state index contributed by atoms with van der Waals surface area (Å²) in [7, 11) is 3.32. The van der Waals surface area contributed by atoms with Gasteiger partial charge in [0.1, 0.15) is 0 Å². The van der Waals surface area contributed by atoms with Crippen molar-refractivity contribution >= 4 is 23.4 Å². The summed E-state index contributed by atoms with van der Waals surface area (Å²) in [5, 5.41) is 3.21. The molecule has 0 radical (unpaired) electrons. The van der Waals surface area contributed by atoms with Gasteiger partial charge in [-0.1, -0.05) is 19.9 Å². The summed E-state index contributed by atoms with van der Waals surface area (Å²) in [4.78, 5) is 22.9. The lowest BCUT2D eigenvalue weighted by Crippen LogP contribution is -2.53. The van der Waals surface area contributed by atoms with Crippen molar-refractivity contribution in [2.24, 2.45) is 10.7 Å². The molecule has 3 N–H and O–H groups in total. The first-order valence-corrected chi connectivity index (χ1v) is 14.5. The van der Waals surface area contributed by atoms with Gasteiger partial charge in [-0.05, 0) is 75.0 Å². The van der Waals surface area contributed by atoms with E-state index in [0.717, 1.165) is 48.4 Å². The van der Waals surface area contributed by atoms with Gasteiger partial charge in [-0.25, -0.2) is 0 Å². The standard InChI is InChI=1S/C32H45N5O3/c1-7-13-40-31-29(24(17-33)18-34-5)14-23(15-30(31)39-6)22(4)35-32(38)28-16-25(10-9-21(28)3)36-19-26-11-12-27(20-36)37(26)8-2/h9-10,14-18,22,26-27H,7-8,11-13,19-20,33H2,1-6H3,(H,35,38)/t22-,26-,27+/m1/s1. The van der Waals surface area contributed by atoms with Gasteiger partial charge in [-0.3, -0.25) is 14.7 Å². The molecule has 40 heavy (non-hydrogen) atoms. The predicted molar refractivity (Wildman–Crippen MR) is 164 cm³/mol. The molecule has 0 unspecified atom stereocenters. The number of allylic oxidation sites excluding steroid dienone is 1. The minimum absolute atomic E-state index is 0.0986. The Morgan fingerprint density at radius 2 is 1.90 bits per heavy atom. The van der Waals surface area contributed by atoms with Crippen LogP contribution in [-0.2, 0) is 0 Å². The Labute approximate surface area is 239 Å². The van der Waals surface area contributed by atoms with Crippen LogP contribution in [0.2, 0.25) is 0 Å². The van der Waals surface area contributed by atoms with Crippen LogP contribution in [-0.4, -0.2) is 69.5 Å². The quantitative estimate of drug-likeness (QED) is 0.387. The molecule has 2 bridgehead atoms. The molecule has 4 rings (SSSR count). The molecule has 2 heterocycles. The largest absolute Gasteiger partial charge is 0.493 e. The first kappa shape index (κ1) is 29.5. The van der Waals surface area contributed by atoms with E-state index >= 15 is 0 Å². The Hall–Kier alpha value is -3.52. The molecule has 0 spiro atoms. The topological polar surface area (TPSA) is 92.4 Å². The number of nitrogens with two attached hydrogens (primary N) is 1. The molecule has 2 fully saturated rings. The Bertz CT molecular complexity index is 1240. The molecule has 3 atom stereocenters. The van der Waals surface area contributed by atoms with Gasteiger partial charge < -0.3 is 25.4 Å². The molecule has 216 valence electrons. The Kier molecular flexibility index (Phi) is 9.74. The van der Waals surface area contributed by atoms with Crippen LogP contribution in [0.1, 0.15) is 73.1 Å². The second-order valence-corrected chi connectivity index (χ2v) is 10.8. The van der Waals surface area contributed by atoms with Crippen molar-refractivity contribution in [3.8, 4) is 11.5 Å². The minimum Gasteiger partial charge on any atom is -0.493 e. The lowest BCUT2D eigenvalue weighted by Gasteiger charge is -2.41. The molecule has 2 aliphatic rings. The number of methoxy groups -OCH3 is 1. The Balaban J connectivity index is 1.59. The van der Waals surface area contributed by atoms with Gasteiger partial charge in [-0.15, -0.1) is 0 Å². The van der Waals surface area contributed by atoms with Crippen molar-refractivity contribution in [2.45, 2.75) is 65.1 Å². The number of amides is 1. The van der Waals surface area contributed by atoms with Crippen molar-refractivity contribution in [2.75, 3.05) is 45.3 Å². The summed E-state index contributed by atoms with van der Waals surface area (Å²) in [6.07, 6.45) is 6.57. The number of rotatable bonds is 11. The lowest BCUT2D eigenvalue weighted by atomic mass is 9.98. The van der Waals surface area contributed by atoms with Crippen molar-refractivity contribution in [1.29, 1.82) is 0 Å². The van der Waals surface area contributed by atoms with E-state index in [4.69, 9.17) is 15.2 Å². The summed E-state index contributed by atoms with van der Waals surface area (Å²) < 4.78 is 11.8. The summed E-state index contributed by atoms with van der Waals surface area (Å²) in [6, 6.07) is 11.1. The number of hydrogen-bond acceptors (Lipinski definition) is 7. The maximum Gasteiger partial charge on any atom is 0.252 e. The highest BCUT2D eigenvalue weighted by atomic mass is 16.5. The highest BCUT2D eigenvalue weighted by molar-refractivity contribution is 6.11. The number of nitrogens with one attached hydrogen (secondary N) is 1. The number of benzene rings is 2. The highest BCUT2D eigenvalue weighted by Crippen LogP contribution is 2.38. The SMILES string of the molecule is CCCOc1c(OC)cc([C@@H](C)NC(=O)c2cc(N3C[C@H]4CC[C@@H](C3)N4CC)ccc2C)cc1C(C=NC)=CN. The average Bonchev–Trinajstić information content (AvgIpc) is 3.21. The molecule has 8 heteroatoms. The molecule has 1 amide bonds. The van der Waals surface area contributed by atoms with Gasteiger partial charge in [0.15, 0.2) is 11.5 Å². The number of ether oxygens (including phenoxy) is 2. The average molecular weight is 548 g/mol. The fourth-order valence-electron chi connectivity index (χ4n) is 6.06. The molecule has 2 aromatic carbocycles. The van der Waals surface area contributed by atoms with E-state index in [1.54, 1.807) is 20.4 Å². The zero-order chi connectivity index (χ0) is 28.8. The number of carbonyl (C=O) groups excluding carboxylic acids is 1. The normalized spacial score (nSPS) is 20.1. The number of nitrogens with zero attached hydrogens (tertiary/aromatic N) is 3. The fourth-order valence-corrected chi connectivity index (χ4v) is 6.06. The molecule has 0 aromatic heterocycles. The van der Waals surface area contributed by atoms with Crippen LogP contribution >= 0.6 is 0 Å². The molecule has 2 aromatic rings. The second kappa shape index (κ2) is 13.2. The van der Waals surface area contributed by atoms with Gasteiger partial charge in [0.2, 0.25) is 0 Å². The van der Waals surface area contributed by atoms with Crippen molar-refractivity contribution in [1.82, 2.24) is 10.2 Å². The van der Waals surface area contributed by atoms with E-state index in [1.165, 1.54) is 19.0 Å². The third-order valence-corrected chi connectivity index (χ3v) is 8.18. The minimum atomic E-state index is -0.287. The van der Waals surface area contributed by atoms with E-state index < -0.39 is 0 Å². The van der Waals surface area contributed by atoms with Gasteiger partial charge in [0, 0.05) is 67.0 Å². The molecule has 0 aliphatic carbocycles. The van der Waals surface area contributed by atoms with Gasteiger partial charge in [0.25, 0.3) is 5.91 Å². The summed E-state index contributed by atoms with van der Waals surface area (Å²) >= 11 is 0. The molecule has 2 saturated heterocycles. The van der Waals surface area contributed by atoms with Crippen molar-refractivity contribution < 1.29 is 14.3 Å². The first-order valence-electron chi connectivity index (χ1n) is 14.5. The summed E-state index contributed by atoms with van der Waals surface area (Å²) in [6.45, 7) is 11.9. The number of likely N-dealkylation sites (N-methyl/N-ethyl adjacent to an activating group) is 1. The third kappa shape index (κ3) is 6.12. The van der Waals surface area contributed by atoms with Crippen LogP contribution in [0.5, 0.6) is 11.5 Å². The van der Waals surface area contributed by atoms with E-state index in [9.17, 15) is 4.79 Å². The number of aliphatic imine (C=N–C) groups is 1. The van der Waals surface area contributed by atoms with Crippen LogP contribution in [0.3, 0.4) is 0 Å². The maximum atomic E-state index is 13.6. The van der Waals surface area contributed by atoms with Gasteiger partial charge in [-0.2, -0.15) is 0 Å². The smallest absolute Gasteiger partial charge is 0.252 e. The lowest BCUT2D eigenvalue weighted by molar-refractivity contribution is 0.0939. The Morgan fingerprint density at radius 1 is 1.18 bits per heavy atom. The monoisotopic (exact) mass is 547 g/mol. The van der Waals surface area contributed by atoms with Gasteiger partial charge in [0.05, 0.1) is 19.8 Å². The van der Waals surface area contributed by atoms with E-state index in [2.05, 4.69) is 52.2 Å². The number of aryl methyl sites for hydroxylation is 1. The number of anilines is 1. The number of carbonyl (C=O) groups is 1. The first-order chi connectivity index (χ1) is 19.3. The molecule has 2 aliphatic heterocycles. The van der Waals surface area contributed by atoms with Gasteiger partial charge >= 0.3 is 0 Å². The Morgan fingerprint density at radius 3 is 2.50 bits per heavy atom. The van der Waals surface area contributed by atoms with Crippen LogP contribution < -0.4 is 25.4 Å². The number of hydrogen-bond donors (Lipinski definition) is 2. The molecule has 0 saturated carbocycles. The van der Waals surface area contributed by atoms with Crippen LogP contribution in [0, 0.1) is 6.92 Å². The van der Waals surface area contributed by atoms with Crippen LogP contribution in [0.25, 0.3) is 5.57 Å². The van der Waals surface area contributed by atoms with Crippen molar-refractivity contribution in [3.63, 3.8) is 0 Å². The molecule has 8 nitrogen and oxygen atoms in total. The zero-order valence-electron chi connectivity index (χ0n) is 24.9. The third-order valence-electron chi connectivity index (χ3n) is 8.18. The summed E-state index contributed by atoms with van der Waals surface area (Å²) in [5.41, 5.74) is 11.1. The second-order valence-electron chi connectivity index (χ2n) is 10.8. The zero-order valence-corrected chi connectivity index (χ0v) is 24.9. The molecular formula is C32H45N5O3. The van der Waals surface area contributed by atoms with E-state index in [0.29, 0.717) is 41.3 Å². The predicted octanol–water partition coefficient (Wildman–Crippen LogP) is 4.96. The van der Waals surface area contributed by atoms with Crippen molar-refractivity contribution in [3.05, 3.63) is 58.8 Å². The van der Waals surface area contributed by atoms with Crippen LogP contribution in [0.15, 0.2) is 41.5 Å². The molecular weight excluding hydrogens is 502 g/mol. The van der Waals surface area contributed by atoms with Crippen LogP contribution in [0.4, 0.5) is 5.69 Å². The maximum absolute atomic E-state index is 13.6. The fraction of sp³-hybridized carbons (Fsp3) is 0.500.